The number of unbranched alkanes of at least 4 members (excludes halogenated alkanes) is 5. The molecule has 2 nitrogen and oxygen atoms in total. The molecule has 3 aromatic rings. The van der Waals surface area contributed by atoms with Gasteiger partial charge in [-0.3, -0.25) is 0 Å². The summed E-state index contributed by atoms with van der Waals surface area (Å²) in [5.74, 6) is 0. The number of rotatable bonds is 9. The molecule has 2 heterocycles. The van der Waals surface area contributed by atoms with Crippen LogP contribution in [0.1, 0.15) is 49.7 Å². The van der Waals surface area contributed by atoms with Gasteiger partial charge in [-0.15, -0.1) is 0 Å². The number of benzene rings is 2. The third-order valence-electron chi connectivity index (χ3n) is 6.16. The lowest BCUT2D eigenvalue weighted by Crippen LogP contribution is -2.34. The third-order valence-corrected chi connectivity index (χ3v) is 6.93. The topological polar surface area (TPSA) is 7.12 Å². The van der Waals surface area contributed by atoms with Crippen LogP contribution >= 0.6 is 22.6 Å². The monoisotopic (exact) mass is 523 g/mol. The lowest BCUT2D eigenvalue weighted by Gasteiger charge is -2.26. The molecule has 2 aromatic carbocycles. The van der Waals surface area contributed by atoms with Gasteiger partial charge in [0.15, 0.2) is 6.20 Å². The Balaban J connectivity index is 1.52. The highest BCUT2D eigenvalue weighted by atomic mass is 127. The highest BCUT2D eigenvalue weighted by molar-refractivity contribution is 14.1. The molecule has 0 N–H and O–H groups in total. The van der Waals surface area contributed by atoms with Gasteiger partial charge in [0.05, 0.1) is 5.39 Å². The summed E-state index contributed by atoms with van der Waals surface area (Å²) in [6, 6.07) is 19.7. The zero-order valence-electron chi connectivity index (χ0n) is 18.4. The summed E-state index contributed by atoms with van der Waals surface area (Å²) in [5, 5.41) is 1.32. The van der Waals surface area contributed by atoms with Gasteiger partial charge in [0, 0.05) is 37.0 Å². The summed E-state index contributed by atoms with van der Waals surface area (Å²) in [4.78, 5) is 2.28. The highest BCUT2D eigenvalue weighted by Crippen LogP contribution is 2.31. The van der Waals surface area contributed by atoms with Gasteiger partial charge in [0.25, 0.3) is 0 Å². The maximum Gasteiger partial charge on any atom is 0.213 e. The molecule has 0 amide bonds. The fourth-order valence-corrected chi connectivity index (χ4v) is 4.92. The van der Waals surface area contributed by atoms with E-state index in [1.165, 1.54) is 76.4 Å². The molecule has 0 saturated heterocycles. The van der Waals surface area contributed by atoms with Crippen LogP contribution in [0.25, 0.3) is 23.1 Å². The van der Waals surface area contributed by atoms with E-state index in [2.05, 4.69) is 118 Å². The van der Waals surface area contributed by atoms with E-state index >= 15 is 0 Å². The summed E-state index contributed by atoms with van der Waals surface area (Å²) < 4.78 is 3.72. The minimum Gasteiger partial charge on any atom is -0.344 e. The van der Waals surface area contributed by atoms with Crippen LogP contribution in [0.15, 0.2) is 72.6 Å². The Morgan fingerprint density at radius 3 is 2.45 bits per heavy atom. The average Bonchev–Trinajstić information content (AvgIpc) is 2.81. The van der Waals surface area contributed by atoms with Crippen molar-refractivity contribution in [3.8, 4) is 0 Å². The van der Waals surface area contributed by atoms with Crippen LogP contribution in [-0.4, -0.2) is 11.5 Å². The van der Waals surface area contributed by atoms with Gasteiger partial charge in [-0.2, -0.15) is 4.57 Å². The van der Waals surface area contributed by atoms with Crippen LogP contribution in [0, 0.1) is 0 Å². The third kappa shape index (κ3) is 5.38. The number of aromatic nitrogens is 1. The first kappa shape index (κ1) is 22.1. The number of allylic oxidation sites excluding steroid dienone is 1. The standard InChI is InChI=1S/C28H32IN2/c1-30-25(17-16-23-12-6-8-14-27(23)30)22-24-18-21-31(28-15-9-7-13-26(24)28)20-11-5-3-2-4-10-19-29/h6-9,12-18,21-22H,2-5,10-11,19-20H2,1H3/q+1. The van der Waals surface area contributed by atoms with E-state index in [0.717, 1.165) is 6.54 Å². The van der Waals surface area contributed by atoms with E-state index in [1.807, 2.05) is 0 Å². The number of hydrogen-bond acceptors (Lipinski definition) is 1. The SMILES string of the molecule is CN1/C(=C/c2cc[n+](CCCCCCCCI)c3ccccc23)C=Cc2ccccc21. The number of aryl methyl sites for hydroxylation is 1. The van der Waals surface area contributed by atoms with E-state index < -0.39 is 0 Å². The van der Waals surface area contributed by atoms with Crippen LogP contribution in [0.5, 0.6) is 0 Å². The van der Waals surface area contributed by atoms with Crippen molar-refractivity contribution in [2.24, 2.45) is 0 Å². The molecule has 31 heavy (non-hydrogen) atoms. The van der Waals surface area contributed by atoms with E-state index in [-0.39, 0.29) is 0 Å². The molecule has 1 aliphatic heterocycles. The summed E-state index contributed by atoms with van der Waals surface area (Å²) in [7, 11) is 2.15. The minimum absolute atomic E-state index is 1.09. The molecule has 0 radical (unpaired) electrons. The Hall–Kier alpha value is -2.14. The second-order valence-electron chi connectivity index (χ2n) is 8.31. The number of para-hydroxylation sites is 2. The number of fused-ring (bicyclic) bond motifs is 2. The van der Waals surface area contributed by atoms with Gasteiger partial charge in [-0.25, -0.2) is 0 Å². The number of alkyl halides is 1. The number of pyridine rings is 1. The molecule has 160 valence electrons. The molecule has 0 fully saturated rings. The number of nitrogens with zero attached hydrogens (tertiary/aromatic N) is 2. The average molecular weight is 523 g/mol. The first-order chi connectivity index (χ1) is 15.3. The Bertz CT molecular complexity index is 1080. The summed E-state index contributed by atoms with van der Waals surface area (Å²) >= 11 is 2.48. The molecular weight excluding hydrogens is 491 g/mol. The molecule has 0 atom stereocenters. The molecule has 0 saturated carbocycles. The highest BCUT2D eigenvalue weighted by Gasteiger charge is 2.15. The maximum absolute atomic E-state index is 2.48. The summed E-state index contributed by atoms with van der Waals surface area (Å²) in [6.07, 6.45) is 17.1. The fraction of sp³-hybridized carbons (Fsp3) is 0.321. The lowest BCUT2D eigenvalue weighted by molar-refractivity contribution is -0.671. The molecule has 0 aliphatic carbocycles. The van der Waals surface area contributed by atoms with Crippen molar-refractivity contribution in [3.63, 3.8) is 0 Å². The minimum atomic E-state index is 1.09. The summed E-state index contributed by atoms with van der Waals surface area (Å²) in [5.41, 5.74) is 6.34. The second-order valence-corrected chi connectivity index (χ2v) is 9.39. The number of halogens is 1. The van der Waals surface area contributed by atoms with Crippen molar-refractivity contribution in [1.29, 1.82) is 0 Å². The van der Waals surface area contributed by atoms with Gasteiger partial charge in [-0.05, 0) is 52.7 Å². The van der Waals surface area contributed by atoms with E-state index in [1.54, 1.807) is 0 Å². The first-order valence-corrected chi connectivity index (χ1v) is 13.0. The zero-order valence-corrected chi connectivity index (χ0v) is 20.6. The zero-order chi connectivity index (χ0) is 21.5. The van der Waals surface area contributed by atoms with E-state index in [4.69, 9.17) is 0 Å². The molecule has 0 unspecified atom stereocenters. The molecule has 4 rings (SSSR count). The van der Waals surface area contributed by atoms with Crippen molar-refractivity contribution in [3.05, 3.63) is 83.7 Å². The van der Waals surface area contributed by atoms with E-state index in [9.17, 15) is 0 Å². The second kappa shape index (κ2) is 10.9. The molecular formula is C28H32IN2+. The van der Waals surface area contributed by atoms with Gasteiger partial charge < -0.3 is 4.90 Å². The molecule has 0 spiro atoms. The molecule has 1 aromatic heterocycles. The van der Waals surface area contributed by atoms with Crippen LogP contribution in [-0.2, 0) is 6.54 Å². The van der Waals surface area contributed by atoms with Crippen LogP contribution in [0.3, 0.4) is 0 Å². The molecule has 0 bridgehead atoms. The van der Waals surface area contributed by atoms with Gasteiger partial charge in [0.2, 0.25) is 5.52 Å². The normalized spacial score (nSPS) is 14.4. The largest absolute Gasteiger partial charge is 0.344 e. The quantitative estimate of drug-likeness (QED) is 0.123. The van der Waals surface area contributed by atoms with E-state index in [0.29, 0.717) is 0 Å². The number of anilines is 1. The van der Waals surface area contributed by atoms with Crippen molar-refractivity contribution in [2.45, 2.75) is 45.1 Å². The van der Waals surface area contributed by atoms with Crippen LogP contribution < -0.4 is 9.47 Å². The van der Waals surface area contributed by atoms with Gasteiger partial charge in [0.1, 0.15) is 6.54 Å². The number of likely N-dealkylation sites (N-methyl/N-ethyl adjacent to an activating group) is 1. The van der Waals surface area contributed by atoms with Crippen molar-refractivity contribution >= 4 is 51.3 Å². The summed E-state index contributed by atoms with van der Waals surface area (Å²) in [6.45, 7) is 1.09. The Kier molecular flexibility index (Phi) is 7.79. The number of hydrogen-bond donors (Lipinski definition) is 0. The molecule has 3 heteroatoms. The van der Waals surface area contributed by atoms with Gasteiger partial charge in [-0.1, -0.05) is 78.3 Å². The Morgan fingerprint density at radius 2 is 1.58 bits per heavy atom. The smallest absolute Gasteiger partial charge is 0.213 e. The predicted octanol–water partition coefficient (Wildman–Crippen LogP) is 7.41. The van der Waals surface area contributed by atoms with Gasteiger partial charge >= 0.3 is 0 Å². The maximum atomic E-state index is 2.48. The Labute approximate surface area is 200 Å². The van der Waals surface area contributed by atoms with Crippen molar-refractivity contribution in [1.82, 2.24) is 0 Å². The molecule has 1 aliphatic rings. The van der Waals surface area contributed by atoms with Crippen molar-refractivity contribution < 1.29 is 4.57 Å². The fourth-order valence-electron chi connectivity index (χ4n) is 4.38. The predicted molar refractivity (Wildman–Crippen MR) is 143 cm³/mol. The van der Waals surface area contributed by atoms with Crippen molar-refractivity contribution in [2.75, 3.05) is 16.4 Å². The Morgan fingerprint density at radius 1 is 0.839 bits per heavy atom. The lowest BCUT2D eigenvalue weighted by atomic mass is 10.0. The van der Waals surface area contributed by atoms with Crippen LogP contribution in [0.2, 0.25) is 0 Å². The van der Waals surface area contributed by atoms with Crippen LogP contribution in [0.4, 0.5) is 5.69 Å². The first-order valence-electron chi connectivity index (χ1n) is 11.5.